The molecule has 0 aliphatic heterocycles. The summed E-state index contributed by atoms with van der Waals surface area (Å²) in [5, 5.41) is 16.3. The predicted octanol–water partition coefficient (Wildman–Crippen LogP) is 5.01. The van der Waals surface area contributed by atoms with Gasteiger partial charge < -0.3 is 10.4 Å². The number of halogens is 6. The third-order valence-corrected chi connectivity index (χ3v) is 4.54. The highest BCUT2D eigenvalue weighted by molar-refractivity contribution is 5.97. The Morgan fingerprint density at radius 2 is 1.78 bits per heavy atom. The zero-order valence-electron chi connectivity index (χ0n) is 16.2. The topological polar surface area (TPSA) is 71.5 Å². The molecule has 32 heavy (non-hydrogen) atoms. The molecular formula is C20H14F6N4O2. The number of aliphatic hydroxyl groups is 1. The molecule has 0 spiro atoms. The number of anilines is 1. The zero-order chi connectivity index (χ0) is 23.9. The van der Waals surface area contributed by atoms with Crippen LogP contribution in [0, 0.1) is 6.57 Å². The second-order valence-corrected chi connectivity index (χ2v) is 7.13. The van der Waals surface area contributed by atoms with Crippen LogP contribution in [0.4, 0.5) is 37.7 Å². The van der Waals surface area contributed by atoms with E-state index in [1.807, 2.05) is 0 Å². The average molecular weight is 456 g/mol. The summed E-state index contributed by atoms with van der Waals surface area (Å²) in [6.07, 6.45) is -8.46. The molecule has 168 valence electrons. The first-order chi connectivity index (χ1) is 14.7. The van der Waals surface area contributed by atoms with E-state index in [2.05, 4.69) is 15.3 Å². The third kappa shape index (κ3) is 4.67. The van der Waals surface area contributed by atoms with E-state index >= 15 is 0 Å². The number of nitrogens with one attached hydrogen (secondary N) is 1. The van der Waals surface area contributed by atoms with Crippen molar-refractivity contribution in [3.8, 4) is 0 Å². The van der Waals surface area contributed by atoms with Crippen LogP contribution in [-0.4, -0.2) is 26.4 Å². The summed E-state index contributed by atoms with van der Waals surface area (Å²) in [4.78, 5) is 15.3. The molecule has 0 aliphatic rings. The van der Waals surface area contributed by atoms with Crippen LogP contribution in [0.5, 0.6) is 0 Å². The maximum Gasteiger partial charge on any atom is 0.417 e. The molecule has 2 N–H and O–H groups in total. The summed E-state index contributed by atoms with van der Waals surface area (Å²) in [7, 11) is 0. The van der Waals surface area contributed by atoms with Gasteiger partial charge in [0.2, 0.25) is 0 Å². The fourth-order valence-electron chi connectivity index (χ4n) is 3.01. The summed E-state index contributed by atoms with van der Waals surface area (Å²) in [6.45, 7) is 7.28. The van der Waals surface area contributed by atoms with Gasteiger partial charge in [0.15, 0.2) is 11.3 Å². The molecule has 0 radical (unpaired) electrons. The Balaban J connectivity index is 1.85. The number of benzene rings is 2. The number of amides is 1. The van der Waals surface area contributed by atoms with Gasteiger partial charge >= 0.3 is 12.4 Å². The first-order valence-electron chi connectivity index (χ1n) is 8.88. The Bertz CT molecular complexity index is 1220. The van der Waals surface area contributed by atoms with Crippen LogP contribution in [0.15, 0.2) is 42.6 Å². The Hall–Kier alpha value is -3.59. The van der Waals surface area contributed by atoms with Crippen molar-refractivity contribution in [1.29, 1.82) is 0 Å². The highest BCUT2D eigenvalue weighted by Crippen LogP contribution is 2.38. The van der Waals surface area contributed by atoms with Gasteiger partial charge in [-0.2, -0.15) is 31.4 Å². The smallest absolute Gasteiger partial charge is 0.378 e. The zero-order valence-corrected chi connectivity index (χ0v) is 16.2. The lowest BCUT2D eigenvalue weighted by Crippen LogP contribution is -2.43. The molecule has 3 aromatic rings. The second kappa shape index (κ2) is 7.83. The highest BCUT2D eigenvalue weighted by Gasteiger charge is 2.36. The maximum atomic E-state index is 13.2. The highest BCUT2D eigenvalue weighted by atomic mass is 19.4. The van der Waals surface area contributed by atoms with Crippen molar-refractivity contribution in [3.05, 3.63) is 65.1 Å². The Kier molecular flexibility index (Phi) is 5.65. The van der Waals surface area contributed by atoms with Gasteiger partial charge in [0.05, 0.1) is 29.8 Å². The normalized spacial score (nSPS) is 14.1. The molecule has 0 unspecified atom stereocenters. The molecule has 0 saturated heterocycles. The van der Waals surface area contributed by atoms with Crippen molar-refractivity contribution in [2.45, 2.75) is 31.4 Å². The van der Waals surface area contributed by atoms with Crippen LogP contribution in [0.3, 0.4) is 0 Å². The van der Waals surface area contributed by atoms with E-state index < -0.39 is 47.2 Å². The van der Waals surface area contributed by atoms with E-state index in [9.17, 15) is 36.2 Å². The fraction of sp³-hybridized carbons (Fsp3) is 0.250. The van der Waals surface area contributed by atoms with Gasteiger partial charge in [-0.05, 0) is 31.2 Å². The lowest BCUT2D eigenvalue weighted by Gasteiger charge is -2.22. The number of fused-ring (bicyclic) bond motifs is 1. The molecule has 0 saturated carbocycles. The predicted molar refractivity (Wildman–Crippen MR) is 102 cm³/mol. The monoisotopic (exact) mass is 456 g/mol. The summed E-state index contributed by atoms with van der Waals surface area (Å²) >= 11 is 0. The molecule has 12 heteroatoms. The molecule has 1 atom stereocenters. The van der Waals surface area contributed by atoms with Gasteiger partial charge in [0.25, 0.3) is 5.91 Å². The molecule has 1 aromatic heterocycles. The molecular weight excluding hydrogens is 442 g/mol. The molecule has 1 amide bonds. The molecule has 3 rings (SSSR count). The fourth-order valence-corrected chi connectivity index (χ4v) is 3.01. The number of carbonyl (C=O) groups excluding carboxylic acids is 1. The summed E-state index contributed by atoms with van der Waals surface area (Å²) in [5.74, 6) is -1.11. The molecule has 6 nitrogen and oxygen atoms in total. The minimum absolute atomic E-state index is 0.0133. The van der Waals surface area contributed by atoms with Gasteiger partial charge in [-0.15, -0.1) is 0 Å². The van der Waals surface area contributed by atoms with Crippen LogP contribution in [0.1, 0.15) is 18.1 Å². The number of nitrogens with zero attached hydrogens (tertiary/aromatic N) is 3. The van der Waals surface area contributed by atoms with E-state index in [-0.39, 0.29) is 16.6 Å². The number of hydrogen-bond donors (Lipinski definition) is 2. The van der Waals surface area contributed by atoms with Crippen LogP contribution in [-0.2, 0) is 23.7 Å². The number of carbonyl (C=O) groups is 1. The van der Waals surface area contributed by atoms with E-state index in [0.29, 0.717) is 6.07 Å². The van der Waals surface area contributed by atoms with Crippen LogP contribution in [0.2, 0.25) is 0 Å². The summed E-state index contributed by atoms with van der Waals surface area (Å²) in [6, 6.07) is 5.85. The minimum atomic E-state index is -4.84. The molecule has 0 fully saturated rings. The van der Waals surface area contributed by atoms with Crippen molar-refractivity contribution < 1.29 is 36.2 Å². The van der Waals surface area contributed by atoms with Crippen molar-refractivity contribution in [3.63, 3.8) is 0 Å². The van der Waals surface area contributed by atoms with E-state index in [4.69, 9.17) is 6.57 Å². The lowest BCUT2D eigenvalue weighted by molar-refractivity contribution is -0.137. The average Bonchev–Trinajstić information content (AvgIpc) is 3.07. The van der Waals surface area contributed by atoms with Gasteiger partial charge in [-0.1, -0.05) is 12.1 Å². The van der Waals surface area contributed by atoms with Gasteiger partial charge in [-0.25, -0.2) is 4.85 Å². The number of alkyl halides is 6. The Morgan fingerprint density at radius 3 is 2.38 bits per heavy atom. The van der Waals surface area contributed by atoms with Gasteiger partial charge in [0, 0.05) is 17.3 Å². The summed E-state index contributed by atoms with van der Waals surface area (Å²) < 4.78 is 79.7. The first-order valence-corrected chi connectivity index (χ1v) is 8.88. The molecule has 0 bridgehead atoms. The number of rotatable bonds is 4. The van der Waals surface area contributed by atoms with E-state index in [0.717, 1.165) is 36.0 Å². The number of hydrogen-bond acceptors (Lipinski definition) is 3. The van der Waals surface area contributed by atoms with Gasteiger partial charge in [-0.3, -0.25) is 9.48 Å². The van der Waals surface area contributed by atoms with Crippen molar-refractivity contribution in [2.24, 2.45) is 0 Å². The molecule has 1 heterocycles. The largest absolute Gasteiger partial charge is 0.417 e. The van der Waals surface area contributed by atoms with E-state index in [1.54, 1.807) is 0 Å². The van der Waals surface area contributed by atoms with Crippen molar-refractivity contribution >= 4 is 28.2 Å². The first kappa shape index (κ1) is 23.1. The van der Waals surface area contributed by atoms with Gasteiger partial charge in [0.1, 0.15) is 0 Å². The summed E-state index contributed by atoms with van der Waals surface area (Å²) in [5.41, 5.74) is -5.43. The van der Waals surface area contributed by atoms with E-state index in [1.165, 1.54) is 12.1 Å². The number of aromatic nitrogens is 2. The third-order valence-electron chi connectivity index (χ3n) is 4.54. The van der Waals surface area contributed by atoms with Crippen molar-refractivity contribution in [1.82, 2.24) is 9.78 Å². The second-order valence-electron chi connectivity index (χ2n) is 7.13. The standard InChI is InChI=1S/C20H14F6N4O2/c1-18(32,10-30-9-12-13(19(21,22)23)4-3-5-15(12)29-30)17(31)28-11-6-7-16(27-2)14(8-11)20(24,25)26/h3-9,32H,10H2,1H3,(H,28,31)/t18-/m0/s1. The van der Waals surface area contributed by atoms with Crippen LogP contribution < -0.4 is 5.32 Å². The van der Waals surface area contributed by atoms with Crippen LogP contribution >= 0.6 is 0 Å². The Morgan fingerprint density at radius 1 is 1.12 bits per heavy atom. The molecule has 0 aliphatic carbocycles. The SMILES string of the molecule is [C-]#[N+]c1ccc(NC(=O)[C@@](C)(O)Cn2cc3c(C(F)(F)F)cccc3n2)cc1C(F)(F)F. The Labute approximate surface area is 176 Å². The minimum Gasteiger partial charge on any atom is -0.378 e. The maximum absolute atomic E-state index is 13.2. The lowest BCUT2D eigenvalue weighted by atomic mass is 10.1. The molecule has 2 aromatic carbocycles. The quantitative estimate of drug-likeness (QED) is 0.428. The van der Waals surface area contributed by atoms with Crippen LogP contribution in [0.25, 0.3) is 15.7 Å². The van der Waals surface area contributed by atoms with Crippen molar-refractivity contribution in [2.75, 3.05) is 5.32 Å².